The fourth-order valence-electron chi connectivity index (χ4n) is 1.93. The number of rotatable bonds is 7. The van der Waals surface area contributed by atoms with Crippen LogP contribution in [0.4, 0.5) is 0 Å². The molecule has 0 aromatic heterocycles. The summed E-state index contributed by atoms with van der Waals surface area (Å²) in [5.74, 6) is 0.734. The molecule has 102 valence electrons. The number of para-hydroxylation sites is 1. The zero-order valence-corrected chi connectivity index (χ0v) is 11.7. The molecule has 0 saturated heterocycles. The van der Waals surface area contributed by atoms with Crippen molar-refractivity contribution < 1.29 is 14.6 Å². The summed E-state index contributed by atoms with van der Waals surface area (Å²) in [6.07, 6.45) is 0.0210. The maximum Gasteiger partial charge on any atom is 0.125 e. The van der Waals surface area contributed by atoms with E-state index >= 15 is 0 Å². The second-order valence-electron chi connectivity index (χ2n) is 4.55. The molecular weight excluding hydrogens is 228 g/mol. The first-order chi connectivity index (χ1) is 8.60. The Labute approximate surface area is 110 Å². The van der Waals surface area contributed by atoms with E-state index in [9.17, 15) is 5.11 Å². The number of benzene rings is 1. The van der Waals surface area contributed by atoms with Crippen LogP contribution in [0.5, 0.6) is 5.75 Å². The van der Waals surface area contributed by atoms with E-state index in [0.717, 1.165) is 17.7 Å². The van der Waals surface area contributed by atoms with Crippen molar-refractivity contribution in [2.45, 2.75) is 52.4 Å². The van der Waals surface area contributed by atoms with Gasteiger partial charge in [0.25, 0.3) is 0 Å². The van der Waals surface area contributed by atoms with Crippen molar-refractivity contribution in [3.8, 4) is 5.75 Å². The van der Waals surface area contributed by atoms with Crippen molar-refractivity contribution in [2.24, 2.45) is 0 Å². The predicted molar refractivity (Wildman–Crippen MR) is 72.9 cm³/mol. The van der Waals surface area contributed by atoms with E-state index in [2.05, 4.69) is 0 Å². The van der Waals surface area contributed by atoms with Crippen LogP contribution in [0.15, 0.2) is 24.3 Å². The molecule has 3 nitrogen and oxygen atoms in total. The van der Waals surface area contributed by atoms with Crippen LogP contribution in [0.3, 0.4) is 0 Å². The maximum absolute atomic E-state index is 10.4. The average Bonchev–Trinajstić information content (AvgIpc) is 2.35. The minimum atomic E-state index is -0.648. The molecule has 18 heavy (non-hydrogen) atoms. The van der Waals surface area contributed by atoms with E-state index in [-0.39, 0.29) is 12.2 Å². The van der Waals surface area contributed by atoms with E-state index in [0.29, 0.717) is 6.61 Å². The standard InChI is InChI=1S/C15H24O3/c1-5-13(17-6-2)15(16)12-9-7-8-10-14(12)18-11(3)4/h7-11,13,15-16H,5-6H2,1-4H3. The number of ether oxygens (including phenoxy) is 2. The molecule has 0 radical (unpaired) electrons. The molecule has 0 spiro atoms. The van der Waals surface area contributed by atoms with Gasteiger partial charge in [-0.05, 0) is 33.3 Å². The molecule has 1 N–H and O–H groups in total. The van der Waals surface area contributed by atoms with Gasteiger partial charge < -0.3 is 14.6 Å². The van der Waals surface area contributed by atoms with Gasteiger partial charge in [-0.25, -0.2) is 0 Å². The predicted octanol–water partition coefficient (Wildman–Crippen LogP) is 3.32. The monoisotopic (exact) mass is 252 g/mol. The van der Waals surface area contributed by atoms with E-state index < -0.39 is 6.10 Å². The third kappa shape index (κ3) is 4.00. The molecule has 2 atom stereocenters. The molecule has 0 saturated carbocycles. The fourth-order valence-corrected chi connectivity index (χ4v) is 1.93. The summed E-state index contributed by atoms with van der Waals surface area (Å²) in [5, 5.41) is 10.4. The largest absolute Gasteiger partial charge is 0.491 e. The molecule has 0 bridgehead atoms. The molecule has 3 heteroatoms. The highest BCUT2D eigenvalue weighted by molar-refractivity contribution is 5.35. The van der Waals surface area contributed by atoms with E-state index in [1.54, 1.807) is 0 Å². The Morgan fingerprint density at radius 2 is 1.83 bits per heavy atom. The summed E-state index contributed by atoms with van der Waals surface area (Å²) >= 11 is 0. The van der Waals surface area contributed by atoms with E-state index in [1.807, 2.05) is 52.0 Å². The molecule has 2 unspecified atom stereocenters. The average molecular weight is 252 g/mol. The lowest BCUT2D eigenvalue weighted by molar-refractivity contribution is -0.0367. The van der Waals surface area contributed by atoms with Crippen molar-refractivity contribution in [1.29, 1.82) is 0 Å². The van der Waals surface area contributed by atoms with Crippen molar-refractivity contribution in [1.82, 2.24) is 0 Å². The second-order valence-corrected chi connectivity index (χ2v) is 4.55. The summed E-state index contributed by atoms with van der Waals surface area (Å²) < 4.78 is 11.3. The van der Waals surface area contributed by atoms with E-state index in [4.69, 9.17) is 9.47 Å². The number of aliphatic hydroxyl groups is 1. The molecular formula is C15H24O3. The van der Waals surface area contributed by atoms with Gasteiger partial charge in [-0.2, -0.15) is 0 Å². The van der Waals surface area contributed by atoms with Crippen molar-refractivity contribution in [3.05, 3.63) is 29.8 Å². The van der Waals surface area contributed by atoms with Gasteiger partial charge in [-0.3, -0.25) is 0 Å². The number of hydrogen-bond donors (Lipinski definition) is 1. The first-order valence-electron chi connectivity index (χ1n) is 6.65. The van der Waals surface area contributed by atoms with Crippen LogP contribution < -0.4 is 4.74 Å². The lowest BCUT2D eigenvalue weighted by Gasteiger charge is -2.24. The second kappa shape index (κ2) is 7.39. The van der Waals surface area contributed by atoms with Crippen molar-refractivity contribution in [3.63, 3.8) is 0 Å². The quantitative estimate of drug-likeness (QED) is 0.809. The molecule has 0 amide bonds. The first kappa shape index (κ1) is 15.0. The summed E-state index contributed by atoms with van der Waals surface area (Å²) in [7, 11) is 0. The Morgan fingerprint density at radius 3 is 2.39 bits per heavy atom. The molecule has 0 heterocycles. The highest BCUT2D eigenvalue weighted by Gasteiger charge is 2.22. The minimum absolute atomic E-state index is 0.0884. The Morgan fingerprint density at radius 1 is 1.17 bits per heavy atom. The van der Waals surface area contributed by atoms with Crippen molar-refractivity contribution >= 4 is 0 Å². The third-order valence-corrected chi connectivity index (χ3v) is 2.74. The van der Waals surface area contributed by atoms with E-state index in [1.165, 1.54) is 0 Å². The van der Waals surface area contributed by atoms with Gasteiger partial charge in [0, 0.05) is 12.2 Å². The van der Waals surface area contributed by atoms with Crippen LogP contribution in [0.2, 0.25) is 0 Å². The number of aliphatic hydroxyl groups excluding tert-OH is 1. The van der Waals surface area contributed by atoms with Crippen LogP contribution >= 0.6 is 0 Å². The zero-order valence-electron chi connectivity index (χ0n) is 11.7. The molecule has 1 rings (SSSR count). The lowest BCUT2D eigenvalue weighted by atomic mass is 10.0. The van der Waals surface area contributed by atoms with Crippen LogP contribution in [0, 0.1) is 0 Å². The lowest BCUT2D eigenvalue weighted by Crippen LogP contribution is -2.22. The summed E-state index contributed by atoms with van der Waals surface area (Å²) in [6, 6.07) is 7.60. The molecule has 0 aliphatic rings. The smallest absolute Gasteiger partial charge is 0.125 e. The highest BCUT2D eigenvalue weighted by atomic mass is 16.5. The highest BCUT2D eigenvalue weighted by Crippen LogP contribution is 2.30. The van der Waals surface area contributed by atoms with Crippen LogP contribution in [0.1, 0.15) is 45.8 Å². The van der Waals surface area contributed by atoms with Gasteiger partial charge in [0.1, 0.15) is 11.9 Å². The van der Waals surface area contributed by atoms with Gasteiger partial charge in [0.15, 0.2) is 0 Å². The SMILES string of the molecule is CCOC(CC)C(O)c1ccccc1OC(C)C. The first-order valence-corrected chi connectivity index (χ1v) is 6.65. The fraction of sp³-hybridized carbons (Fsp3) is 0.600. The topological polar surface area (TPSA) is 38.7 Å². The molecule has 0 aliphatic heterocycles. The van der Waals surface area contributed by atoms with Crippen LogP contribution in [-0.2, 0) is 4.74 Å². The Kier molecular flexibility index (Phi) is 6.16. The summed E-state index contributed by atoms with van der Waals surface area (Å²) in [4.78, 5) is 0. The molecule has 0 aliphatic carbocycles. The normalized spacial score (nSPS) is 14.6. The van der Waals surface area contributed by atoms with Crippen molar-refractivity contribution in [2.75, 3.05) is 6.61 Å². The Bertz CT molecular complexity index is 349. The molecule has 0 fully saturated rings. The Balaban J connectivity index is 2.92. The molecule has 1 aromatic rings. The summed E-state index contributed by atoms with van der Waals surface area (Å²) in [5.41, 5.74) is 0.798. The minimum Gasteiger partial charge on any atom is -0.491 e. The van der Waals surface area contributed by atoms with Crippen LogP contribution in [-0.4, -0.2) is 23.9 Å². The maximum atomic E-state index is 10.4. The molecule has 1 aromatic carbocycles. The van der Waals surface area contributed by atoms with Gasteiger partial charge in [-0.1, -0.05) is 25.1 Å². The summed E-state index contributed by atoms with van der Waals surface area (Å²) in [6.45, 7) is 8.50. The van der Waals surface area contributed by atoms with Gasteiger partial charge >= 0.3 is 0 Å². The van der Waals surface area contributed by atoms with Gasteiger partial charge in [-0.15, -0.1) is 0 Å². The Hall–Kier alpha value is -1.06. The zero-order chi connectivity index (χ0) is 13.5. The van der Waals surface area contributed by atoms with Gasteiger partial charge in [0.05, 0.1) is 12.2 Å². The third-order valence-electron chi connectivity index (χ3n) is 2.74. The van der Waals surface area contributed by atoms with Gasteiger partial charge in [0.2, 0.25) is 0 Å². The van der Waals surface area contributed by atoms with Crippen LogP contribution in [0.25, 0.3) is 0 Å². The number of hydrogen-bond acceptors (Lipinski definition) is 3.